The lowest BCUT2D eigenvalue weighted by atomic mass is 9.84. The molecule has 0 radical (unpaired) electrons. The van der Waals surface area contributed by atoms with Gasteiger partial charge in [0.25, 0.3) is 0 Å². The number of nitrogens with zero attached hydrogens (tertiary/aromatic N) is 10. The highest BCUT2D eigenvalue weighted by Gasteiger charge is 2.59. The van der Waals surface area contributed by atoms with Gasteiger partial charge in [-0.05, 0) is 109 Å². The maximum Gasteiger partial charge on any atom is 0.323 e. The number of pyridine rings is 2. The van der Waals surface area contributed by atoms with Gasteiger partial charge in [0.2, 0.25) is 0 Å². The van der Waals surface area contributed by atoms with Gasteiger partial charge in [0.15, 0.2) is 11.2 Å². The highest BCUT2D eigenvalue weighted by molar-refractivity contribution is 5.48. The van der Waals surface area contributed by atoms with Crippen LogP contribution < -0.4 is 0 Å². The number of alkyl halides is 4. The normalized spacial score (nSPS) is 14.1. The molecule has 2 N–H and O–H groups in total. The molecule has 342 valence electrons. The van der Waals surface area contributed by atoms with E-state index in [0.29, 0.717) is 49.3 Å². The number of aromatic nitrogens is 10. The van der Waals surface area contributed by atoms with Crippen molar-refractivity contribution in [3.05, 3.63) is 149 Å². The average molecular weight is 905 g/mol. The minimum Gasteiger partial charge on any atom is -0.379 e. The first-order valence-corrected chi connectivity index (χ1v) is 19.6. The minimum absolute atomic E-state index is 0.0450. The summed E-state index contributed by atoms with van der Waals surface area (Å²) in [5, 5.41) is 42.5. The lowest BCUT2D eigenvalue weighted by molar-refractivity contribution is -0.207. The molecule has 0 amide bonds. The molecule has 0 saturated carbocycles. The zero-order valence-electron chi connectivity index (χ0n) is 34.8. The third-order valence-corrected chi connectivity index (χ3v) is 9.51. The Kier molecular flexibility index (Phi) is 16.1. The van der Waals surface area contributed by atoms with Crippen LogP contribution in [0.1, 0.15) is 67.8 Å². The van der Waals surface area contributed by atoms with E-state index in [1.165, 1.54) is 24.5 Å². The molecule has 14 nitrogen and oxygen atoms in total. The second-order valence-electron chi connectivity index (χ2n) is 15.0. The number of hydrogen-bond acceptors (Lipinski definition) is 12. The van der Waals surface area contributed by atoms with Gasteiger partial charge in [-0.2, -0.15) is 17.6 Å². The molecule has 0 bridgehead atoms. The van der Waals surface area contributed by atoms with Crippen LogP contribution in [0.15, 0.2) is 91.8 Å². The van der Waals surface area contributed by atoms with Crippen molar-refractivity contribution < 1.29 is 54.8 Å². The summed E-state index contributed by atoms with van der Waals surface area (Å²) in [5.41, 5.74) is -8.32. The molecule has 22 heteroatoms. The molecule has 0 aliphatic heterocycles. The van der Waals surface area contributed by atoms with Crippen molar-refractivity contribution in [3.8, 4) is 0 Å². The van der Waals surface area contributed by atoms with E-state index in [2.05, 4.69) is 41.0 Å². The molecule has 2 atom stereocenters. The van der Waals surface area contributed by atoms with Crippen molar-refractivity contribution >= 4 is 6.08 Å². The summed E-state index contributed by atoms with van der Waals surface area (Å²) in [6, 6.07) is 8.86. The molecule has 6 rings (SSSR count). The van der Waals surface area contributed by atoms with Gasteiger partial charge in [-0.1, -0.05) is 24.3 Å². The summed E-state index contributed by atoms with van der Waals surface area (Å²) in [5.74, 6) is -12.8. The van der Waals surface area contributed by atoms with Crippen LogP contribution in [0.5, 0.6) is 0 Å². The molecule has 0 saturated heterocycles. The molecule has 4 heterocycles. The summed E-state index contributed by atoms with van der Waals surface area (Å²) in [4.78, 5) is 7.60. The second kappa shape index (κ2) is 21.1. The number of benzene rings is 2. The zero-order chi connectivity index (χ0) is 46.7. The molecule has 4 aromatic heterocycles. The van der Waals surface area contributed by atoms with Crippen molar-refractivity contribution in [2.45, 2.75) is 88.9 Å². The highest BCUT2D eigenvalue weighted by Crippen LogP contribution is 2.48. The monoisotopic (exact) mass is 904 g/mol. The Hall–Kier alpha value is -6.10. The molecule has 2 aromatic carbocycles. The Balaban J connectivity index is 0.000000241. The summed E-state index contributed by atoms with van der Waals surface area (Å²) >= 11 is 0. The number of halogens is 8. The van der Waals surface area contributed by atoms with Gasteiger partial charge < -0.3 is 19.7 Å². The molecule has 0 fully saturated rings. The molecule has 0 aliphatic carbocycles. The smallest absolute Gasteiger partial charge is 0.323 e. The number of ether oxygens (including phenoxy) is 2. The van der Waals surface area contributed by atoms with Gasteiger partial charge in [0, 0.05) is 42.3 Å². The van der Waals surface area contributed by atoms with E-state index in [4.69, 9.17) is 9.47 Å². The fourth-order valence-electron chi connectivity index (χ4n) is 6.23. The van der Waals surface area contributed by atoms with Gasteiger partial charge >= 0.3 is 11.8 Å². The Labute approximate surface area is 361 Å². The molecule has 2 unspecified atom stereocenters. The summed E-state index contributed by atoms with van der Waals surface area (Å²) < 4.78 is 131. The van der Waals surface area contributed by atoms with Crippen LogP contribution in [0, 0.1) is 23.3 Å². The predicted molar refractivity (Wildman–Crippen MR) is 212 cm³/mol. The number of hydrogen-bond donors (Lipinski definition) is 2. The van der Waals surface area contributed by atoms with Crippen LogP contribution >= 0.6 is 0 Å². The van der Waals surface area contributed by atoms with E-state index in [1.807, 2.05) is 27.7 Å². The molecule has 0 aliphatic rings. The van der Waals surface area contributed by atoms with Crippen molar-refractivity contribution in [1.29, 1.82) is 0 Å². The van der Waals surface area contributed by atoms with Crippen molar-refractivity contribution in [1.82, 2.24) is 50.4 Å². The van der Waals surface area contributed by atoms with E-state index in [9.17, 15) is 27.8 Å². The maximum absolute atomic E-state index is 15.6. The molecule has 6 aromatic rings. The first-order valence-electron chi connectivity index (χ1n) is 19.6. The van der Waals surface area contributed by atoms with Crippen LogP contribution in [0.25, 0.3) is 6.08 Å². The molecule has 64 heavy (non-hydrogen) atoms. The van der Waals surface area contributed by atoms with Gasteiger partial charge in [-0.3, -0.25) is 9.97 Å². The Morgan fingerprint density at radius 3 is 1.56 bits per heavy atom. The summed E-state index contributed by atoms with van der Waals surface area (Å²) in [6.45, 7) is 6.64. The Morgan fingerprint density at radius 1 is 0.656 bits per heavy atom. The van der Waals surface area contributed by atoms with Crippen molar-refractivity contribution in [3.63, 3.8) is 0 Å². The lowest BCUT2D eigenvalue weighted by Gasteiger charge is -2.35. The fraction of sp³-hybridized carbons (Fsp3) is 0.381. The fourth-order valence-corrected chi connectivity index (χ4v) is 6.23. The second-order valence-corrected chi connectivity index (χ2v) is 15.0. The van der Waals surface area contributed by atoms with E-state index in [-0.39, 0.29) is 12.2 Å². The maximum atomic E-state index is 15.6. The van der Waals surface area contributed by atoms with Gasteiger partial charge in [0.1, 0.15) is 47.3 Å². The molecular formula is C42H44F8N10O4. The number of aryl methyl sites for hydroxylation is 1. The van der Waals surface area contributed by atoms with E-state index in [0.717, 1.165) is 58.4 Å². The quantitative estimate of drug-likeness (QED) is 0.0641. The average Bonchev–Trinajstić information content (AvgIpc) is 3.96. The Bertz CT molecular complexity index is 2410. The minimum atomic E-state index is -4.10. The van der Waals surface area contributed by atoms with Gasteiger partial charge in [-0.15, -0.1) is 10.2 Å². The van der Waals surface area contributed by atoms with E-state index >= 15 is 17.6 Å². The summed E-state index contributed by atoms with van der Waals surface area (Å²) in [6.07, 6.45) is 9.18. The van der Waals surface area contributed by atoms with Crippen LogP contribution in [-0.2, 0) is 52.0 Å². The first-order chi connectivity index (χ1) is 30.3. The van der Waals surface area contributed by atoms with Gasteiger partial charge in [-0.25, -0.2) is 26.9 Å². The third-order valence-electron chi connectivity index (χ3n) is 9.51. The van der Waals surface area contributed by atoms with Crippen molar-refractivity contribution in [2.24, 2.45) is 0 Å². The highest BCUT2D eigenvalue weighted by atomic mass is 19.3. The molecular weight excluding hydrogens is 861 g/mol. The Morgan fingerprint density at radius 2 is 1.16 bits per heavy atom. The first kappa shape index (κ1) is 48.9. The van der Waals surface area contributed by atoms with Gasteiger partial charge in [0.05, 0.1) is 31.9 Å². The van der Waals surface area contributed by atoms with Crippen molar-refractivity contribution in [2.75, 3.05) is 13.2 Å². The van der Waals surface area contributed by atoms with Crippen LogP contribution in [0.3, 0.4) is 0 Å². The largest absolute Gasteiger partial charge is 0.379 e. The van der Waals surface area contributed by atoms with E-state index in [1.54, 1.807) is 12.2 Å². The lowest BCUT2D eigenvalue weighted by Crippen LogP contribution is -2.48. The number of tetrazole rings is 2. The standard InChI is InChI=1S/C21H23F4N5O2.C21H21F4N5O2/c2*1-14(2)32-9-3-4-15-5-8-19(26-11-15)21(24,25)20(31,12-30-13-27-28-29-30)17-7-6-16(22)10-18(17)23/h5-8,10-11,13-14,31H,3-4,9,12H2,1-2H3;3-8,10-11,13-14,31H,9,12H2,1-2H3/b;4-3+. The third kappa shape index (κ3) is 11.7. The van der Waals surface area contributed by atoms with Crippen LogP contribution in [0.4, 0.5) is 35.1 Å². The van der Waals surface area contributed by atoms with Crippen LogP contribution in [0.2, 0.25) is 0 Å². The van der Waals surface area contributed by atoms with E-state index < -0.39 is 81.9 Å². The van der Waals surface area contributed by atoms with Crippen LogP contribution in [-0.4, -0.2) is 86.0 Å². The number of rotatable bonds is 19. The number of aliphatic hydroxyl groups is 2. The SMILES string of the molecule is CC(C)OC/C=C/c1ccc(C(F)(F)C(O)(Cn2cnnn2)c2ccc(F)cc2F)nc1.CC(C)OCCCc1ccc(C(F)(F)C(O)(Cn2cnnn2)c2ccc(F)cc2F)nc1. The topological polar surface area (TPSA) is 172 Å². The summed E-state index contributed by atoms with van der Waals surface area (Å²) in [7, 11) is 0. The predicted octanol–water partition coefficient (Wildman–Crippen LogP) is 6.85. The molecule has 0 spiro atoms. The zero-order valence-corrected chi connectivity index (χ0v) is 34.8.